The molecule has 1 aromatic carbocycles. The molecule has 3 rings (SSSR count). The minimum atomic E-state index is -0.264. The maximum absolute atomic E-state index is 12.6. The molecule has 0 unspecified atom stereocenters. The quantitative estimate of drug-likeness (QED) is 0.480. The molecule has 0 fully saturated rings. The zero-order valence-corrected chi connectivity index (χ0v) is 16.8. The van der Waals surface area contributed by atoms with Gasteiger partial charge in [-0.05, 0) is 35.4 Å². The van der Waals surface area contributed by atoms with E-state index in [1.165, 1.54) is 27.7 Å². The molecule has 7 nitrogen and oxygen atoms in total. The van der Waals surface area contributed by atoms with Crippen LogP contribution in [-0.4, -0.2) is 35.9 Å². The Kier molecular flexibility index (Phi) is 6.02. The Balaban J connectivity index is 1.74. The van der Waals surface area contributed by atoms with Crippen LogP contribution >= 0.6 is 23.1 Å². The summed E-state index contributed by atoms with van der Waals surface area (Å²) in [5.74, 6) is 0.955. The number of methoxy groups -OCH3 is 2. The second kappa shape index (κ2) is 8.45. The number of thiophene rings is 1. The smallest absolute Gasteiger partial charge is 0.272 e. The molecule has 0 aliphatic rings. The van der Waals surface area contributed by atoms with Crippen LogP contribution in [0.3, 0.4) is 0 Å². The average Bonchev–Trinajstić information content (AvgIpc) is 3.16. The van der Waals surface area contributed by atoms with Crippen LogP contribution in [0.1, 0.15) is 5.56 Å². The lowest BCUT2D eigenvalue weighted by molar-refractivity contribution is -0.122. The van der Waals surface area contributed by atoms with Crippen molar-refractivity contribution in [3.05, 3.63) is 45.6 Å². The van der Waals surface area contributed by atoms with Gasteiger partial charge in [0.2, 0.25) is 5.91 Å². The van der Waals surface area contributed by atoms with Crippen molar-refractivity contribution in [1.29, 1.82) is 0 Å². The minimum absolute atomic E-state index is 0.0802. The Morgan fingerprint density at radius 2 is 2.04 bits per heavy atom. The number of rotatable bonds is 7. The number of amides is 1. The molecule has 0 saturated carbocycles. The lowest BCUT2D eigenvalue weighted by atomic mass is 10.2. The van der Waals surface area contributed by atoms with Gasteiger partial charge in [0.05, 0.1) is 19.7 Å². The Morgan fingerprint density at radius 1 is 1.26 bits per heavy atom. The summed E-state index contributed by atoms with van der Waals surface area (Å²) in [5, 5.41) is 5.17. The highest BCUT2D eigenvalue weighted by molar-refractivity contribution is 7.98. The van der Waals surface area contributed by atoms with Gasteiger partial charge in [0, 0.05) is 6.54 Å². The van der Waals surface area contributed by atoms with E-state index in [4.69, 9.17) is 9.47 Å². The van der Waals surface area contributed by atoms with Crippen molar-refractivity contribution in [2.45, 2.75) is 18.2 Å². The number of ether oxygens (including phenoxy) is 2. The Bertz CT molecular complexity index is 1030. The van der Waals surface area contributed by atoms with Gasteiger partial charge in [-0.1, -0.05) is 17.8 Å². The Labute approximate surface area is 164 Å². The molecule has 9 heteroatoms. The number of hydrogen-bond acceptors (Lipinski definition) is 7. The number of aromatic nitrogens is 2. The zero-order chi connectivity index (χ0) is 19.4. The fourth-order valence-corrected chi connectivity index (χ4v) is 3.95. The van der Waals surface area contributed by atoms with Crippen molar-refractivity contribution in [3.63, 3.8) is 0 Å². The number of nitrogens with one attached hydrogen (secondary N) is 1. The van der Waals surface area contributed by atoms with Crippen molar-refractivity contribution in [2.24, 2.45) is 0 Å². The van der Waals surface area contributed by atoms with E-state index in [9.17, 15) is 9.59 Å². The highest BCUT2D eigenvalue weighted by Crippen LogP contribution is 2.27. The van der Waals surface area contributed by atoms with Crippen LogP contribution in [0.4, 0.5) is 0 Å². The molecule has 3 aromatic rings. The number of fused-ring (bicyclic) bond motifs is 1. The number of benzene rings is 1. The summed E-state index contributed by atoms with van der Waals surface area (Å²) in [6, 6.07) is 7.24. The van der Waals surface area contributed by atoms with E-state index >= 15 is 0 Å². The second-order valence-electron chi connectivity index (χ2n) is 5.59. The Hall–Kier alpha value is -2.52. The molecule has 1 N–H and O–H groups in total. The third-order valence-corrected chi connectivity index (χ3v) is 5.52. The molecular weight excluding hydrogens is 386 g/mol. The maximum Gasteiger partial charge on any atom is 0.272 e. The summed E-state index contributed by atoms with van der Waals surface area (Å²) in [7, 11) is 3.13. The molecule has 0 spiro atoms. The van der Waals surface area contributed by atoms with Gasteiger partial charge in [0.25, 0.3) is 5.56 Å². The summed E-state index contributed by atoms with van der Waals surface area (Å²) in [6.45, 7) is 0.236. The topological polar surface area (TPSA) is 82.5 Å². The number of carbonyl (C=O) groups excluding carboxylic acids is 1. The van der Waals surface area contributed by atoms with E-state index in [1.54, 1.807) is 26.4 Å². The van der Waals surface area contributed by atoms with Gasteiger partial charge in [0.1, 0.15) is 11.2 Å². The average molecular weight is 406 g/mol. The van der Waals surface area contributed by atoms with E-state index in [0.717, 1.165) is 5.56 Å². The SMILES string of the molecule is COc1ccc(CNC(=O)Cn2c(SC)nc3ccsc3c2=O)cc1OC. The largest absolute Gasteiger partial charge is 0.493 e. The van der Waals surface area contributed by atoms with Crippen LogP contribution in [0.15, 0.2) is 39.6 Å². The molecule has 0 bridgehead atoms. The van der Waals surface area contributed by atoms with Crippen LogP contribution in [0.5, 0.6) is 11.5 Å². The van der Waals surface area contributed by atoms with Gasteiger partial charge < -0.3 is 14.8 Å². The second-order valence-corrected chi connectivity index (χ2v) is 7.28. The van der Waals surface area contributed by atoms with Gasteiger partial charge in [-0.25, -0.2) is 4.98 Å². The van der Waals surface area contributed by atoms with Gasteiger partial charge >= 0.3 is 0 Å². The highest BCUT2D eigenvalue weighted by atomic mass is 32.2. The van der Waals surface area contributed by atoms with Crippen molar-refractivity contribution in [3.8, 4) is 11.5 Å². The molecule has 2 aromatic heterocycles. The van der Waals surface area contributed by atoms with Crippen LogP contribution in [0.2, 0.25) is 0 Å². The van der Waals surface area contributed by atoms with E-state index in [1.807, 2.05) is 23.8 Å². The molecule has 0 radical (unpaired) electrons. The predicted octanol–water partition coefficient (Wildman–Crippen LogP) is 2.51. The van der Waals surface area contributed by atoms with Crippen LogP contribution in [-0.2, 0) is 17.9 Å². The van der Waals surface area contributed by atoms with Gasteiger partial charge in [-0.15, -0.1) is 11.3 Å². The maximum atomic E-state index is 12.6. The van der Waals surface area contributed by atoms with E-state index < -0.39 is 0 Å². The van der Waals surface area contributed by atoms with E-state index in [2.05, 4.69) is 10.3 Å². The van der Waals surface area contributed by atoms with Crippen molar-refractivity contribution in [1.82, 2.24) is 14.9 Å². The lowest BCUT2D eigenvalue weighted by Gasteiger charge is -2.12. The molecule has 0 saturated heterocycles. The molecule has 0 atom stereocenters. The molecule has 2 heterocycles. The fourth-order valence-electron chi connectivity index (χ4n) is 2.61. The minimum Gasteiger partial charge on any atom is -0.493 e. The summed E-state index contributed by atoms with van der Waals surface area (Å²) < 4.78 is 12.4. The predicted molar refractivity (Wildman–Crippen MR) is 107 cm³/mol. The first kappa shape index (κ1) is 19.2. The molecule has 0 aliphatic carbocycles. The van der Waals surface area contributed by atoms with Crippen molar-refractivity contribution >= 4 is 39.2 Å². The first-order valence-electron chi connectivity index (χ1n) is 8.07. The van der Waals surface area contributed by atoms with Gasteiger partial charge in [0.15, 0.2) is 16.7 Å². The summed E-state index contributed by atoms with van der Waals surface area (Å²) >= 11 is 2.67. The van der Waals surface area contributed by atoms with Crippen LogP contribution < -0.4 is 20.3 Å². The monoisotopic (exact) mass is 405 g/mol. The van der Waals surface area contributed by atoms with E-state index in [-0.39, 0.29) is 18.0 Å². The first-order chi connectivity index (χ1) is 13.1. The Morgan fingerprint density at radius 3 is 2.74 bits per heavy atom. The lowest BCUT2D eigenvalue weighted by Crippen LogP contribution is -2.33. The fraction of sp³-hybridized carbons (Fsp3) is 0.278. The molecule has 1 amide bonds. The number of thioether (sulfide) groups is 1. The van der Waals surface area contributed by atoms with Crippen LogP contribution in [0.25, 0.3) is 10.2 Å². The van der Waals surface area contributed by atoms with E-state index in [0.29, 0.717) is 33.4 Å². The summed E-state index contributed by atoms with van der Waals surface area (Å²) in [6.07, 6.45) is 1.83. The standard InChI is InChI=1S/C18H19N3O4S2/c1-24-13-5-4-11(8-14(13)25-2)9-19-15(22)10-21-17(23)16-12(6-7-27-16)20-18(21)26-3/h4-8H,9-10H2,1-3H3,(H,19,22). The molecular formula is C18H19N3O4S2. The molecule has 142 valence electrons. The number of hydrogen-bond donors (Lipinski definition) is 1. The van der Waals surface area contributed by atoms with Crippen LogP contribution in [0, 0.1) is 0 Å². The van der Waals surface area contributed by atoms with Gasteiger partial charge in [-0.3, -0.25) is 14.2 Å². The van der Waals surface area contributed by atoms with Crippen molar-refractivity contribution in [2.75, 3.05) is 20.5 Å². The highest BCUT2D eigenvalue weighted by Gasteiger charge is 2.14. The first-order valence-corrected chi connectivity index (χ1v) is 10.2. The van der Waals surface area contributed by atoms with Crippen molar-refractivity contribution < 1.29 is 14.3 Å². The molecule has 27 heavy (non-hydrogen) atoms. The third kappa shape index (κ3) is 4.09. The third-order valence-electron chi connectivity index (χ3n) is 3.95. The number of carbonyl (C=O) groups is 1. The zero-order valence-electron chi connectivity index (χ0n) is 15.1. The summed E-state index contributed by atoms with van der Waals surface area (Å²) in [5.41, 5.74) is 1.34. The normalized spacial score (nSPS) is 10.8. The summed E-state index contributed by atoms with van der Waals surface area (Å²) in [4.78, 5) is 29.5. The van der Waals surface area contributed by atoms with Gasteiger partial charge in [-0.2, -0.15) is 0 Å². The number of nitrogens with zero attached hydrogens (tertiary/aromatic N) is 2. The molecule has 0 aliphatic heterocycles.